The minimum Gasteiger partial charge on any atom is -0.387 e. The van der Waals surface area contributed by atoms with Crippen LogP contribution in [-0.4, -0.2) is 29.6 Å². The number of aliphatic hydroxyl groups excluding tert-OH is 1. The molecule has 0 bridgehead atoms. The van der Waals surface area contributed by atoms with E-state index in [9.17, 15) is 9.50 Å². The fourth-order valence-electron chi connectivity index (χ4n) is 3.22. The van der Waals surface area contributed by atoms with Crippen LogP contribution in [0.25, 0.3) is 0 Å². The molecule has 0 amide bonds. The van der Waals surface area contributed by atoms with Crippen molar-refractivity contribution in [3.05, 3.63) is 70.5 Å². The third-order valence-electron chi connectivity index (χ3n) is 4.61. The van der Waals surface area contributed by atoms with Gasteiger partial charge in [-0.1, -0.05) is 35.9 Å². The van der Waals surface area contributed by atoms with Crippen molar-refractivity contribution in [3.8, 4) is 0 Å². The van der Waals surface area contributed by atoms with E-state index in [1.807, 2.05) is 24.3 Å². The number of hydrogen-bond acceptors (Lipinski definition) is 2. The van der Waals surface area contributed by atoms with Gasteiger partial charge in [0.2, 0.25) is 0 Å². The summed E-state index contributed by atoms with van der Waals surface area (Å²) in [5.41, 5.74) is 2.11. The quantitative estimate of drug-likeness (QED) is 0.896. The van der Waals surface area contributed by atoms with Crippen LogP contribution >= 0.6 is 11.6 Å². The second-order valence-corrected chi connectivity index (χ2v) is 6.63. The maximum absolute atomic E-state index is 13.0. The van der Waals surface area contributed by atoms with Gasteiger partial charge in [-0.25, -0.2) is 4.39 Å². The van der Waals surface area contributed by atoms with Gasteiger partial charge in [-0.05, 0) is 67.2 Å². The molecule has 0 radical (unpaired) electrons. The zero-order chi connectivity index (χ0) is 16.2. The number of piperidine rings is 1. The number of nitrogens with zero attached hydrogens (tertiary/aromatic N) is 1. The summed E-state index contributed by atoms with van der Waals surface area (Å²) in [6, 6.07) is 14.2. The normalized spacial score (nSPS) is 18.0. The van der Waals surface area contributed by atoms with Gasteiger partial charge in [0.1, 0.15) is 5.82 Å². The van der Waals surface area contributed by atoms with E-state index in [4.69, 9.17) is 11.6 Å². The maximum atomic E-state index is 13.0. The summed E-state index contributed by atoms with van der Waals surface area (Å²) in [7, 11) is 0. The predicted molar refractivity (Wildman–Crippen MR) is 91.2 cm³/mol. The Bertz CT molecular complexity index is 621. The highest BCUT2D eigenvalue weighted by molar-refractivity contribution is 6.30. The molecular weight excluding hydrogens is 313 g/mol. The summed E-state index contributed by atoms with van der Waals surface area (Å²) in [6.07, 6.45) is 1.59. The fraction of sp³-hybridized carbons (Fsp3) is 0.368. The number of hydrogen-bond donors (Lipinski definition) is 1. The highest BCUT2D eigenvalue weighted by Gasteiger charge is 2.22. The summed E-state index contributed by atoms with van der Waals surface area (Å²) >= 11 is 5.88. The molecule has 2 nitrogen and oxygen atoms in total. The van der Waals surface area contributed by atoms with Crippen LogP contribution in [0.5, 0.6) is 0 Å². The Balaban J connectivity index is 1.52. The molecule has 122 valence electrons. The van der Waals surface area contributed by atoms with Crippen molar-refractivity contribution in [2.45, 2.75) is 24.9 Å². The first-order valence-electron chi connectivity index (χ1n) is 8.03. The van der Waals surface area contributed by atoms with E-state index in [0.29, 0.717) is 17.5 Å². The molecule has 1 unspecified atom stereocenters. The molecule has 2 aromatic carbocycles. The van der Waals surface area contributed by atoms with Crippen LogP contribution in [0.3, 0.4) is 0 Å². The van der Waals surface area contributed by atoms with Crippen molar-refractivity contribution < 1.29 is 9.50 Å². The average molecular weight is 334 g/mol. The van der Waals surface area contributed by atoms with Gasteiger partial charge in [-0.3, -0.25) is 0 Å². The van der Waals surface area contributed by atoms with E-state index in [1.165, 1.54) is 17.7 Å². The molecule has 1 saturated heterocycles. The number of benzene rings is 2. The molecule has 0 spiro atoms. The molecule has 0 aromatic heterocycles. The van der Waals surface area contributed by atoms with Crippen LogP contribution in [0.4, 0.5) is 4.39 Å². The molecular formula is C19H21ClFNO. The van der Waals surface area contributed by atoms with Crippen molar-refractivity contribution in [2.75, 3.05) is 19.6 Å². The molecule has 0 aliphatic carbocycles. The Morgan fingerprint density at radius 1 is 1.04 bits per heavy atom. The third-order valence-corrected chi connectivity index (χ3v) is 4.87. The number of rotatable bonds is 4. The predicted octanol–water partition coefficient (Wildman–Crippen LogP) is 4.39. The average Bonchev–Trinajstić information content (AvgIpc) is 2.57. The Morgan fingerprint density at radius 2 is 1.65 bits per heavy atom. The van der Waals surface area contributed by atoms with Crippen LogP contribution in [0, 0.1) is 5.82 Å². The van der Waals surface area contributed by atoms with E-state index >= 15 is 0 Å². The summed E-state index contributed by atoms with van der Waals surface area (Å²) in [5.74, 6) is 0.303. The molecule has 1 fully saturated rings. The first kappa shape index (κ1) is 16.4. The lowest BCUT2D eigenvalue weighted by Gasteiger charge is -2.33. The second kappa shape index (κ2) is 7.43. The summed E-state index contributed by atoms with van der Waals surface area (Å²) in [6.45, 7) is 2.54. The minimum atomic E-state index is -0.491. The molecule has 1 N–H and O–H groups in total. The van der Waals surface area contributed by atoms with Gasteiger partial charge in [0, 0.05) is 11.6 Å². The molecule has 2 aromatic rings. The molecule has 0 saturated carbocycles. The zero-order valence-electron chi connectivity index (χ0n) is 13.0. The smallest absolute Gasteiger partial charge is 0.123 e. The maximum Gasteiger partial charge on any atom is 0.123 e. The molecule has 23 heavy (non-hydrogen) atoms. The molecule has 4 heteroatoms. The number of halogens is 2. The lowest BCUT2D eigenvalue weighted by atomic mass is 9.89. The van der Waals surface area contributed by atoms with E-state index in [2.05, 4.69) is 4.90 Å². The van der Waals surface area contributed by atoms with Gasteiger partial charge >= 0.3 is 0 Å². The van der Waals surface area contributed by atoms with Crippen LogP contribution in [0.2, 0.25) is 5.02 Å². The summed E-state index contributed by atoms with van der Waals surface area (Å²) in [4.78, 5) is 2.29. The van der Waals surface area contributed by atoms with Crippen molar-refractivity contribution >= 4 is 11.6 Å². The van der Waals surface area contributed by atoms with Crippen LogP contribution in [-0.2, 0) is 0 Å². The van der Waals surface area contributed by atoms with Gasteiger partial charge in [0.25, 0.3) is 0 Å². The van der Waals surface area contributed by atoms with E-state index < -0.39 is 6.10 Å². The monoisotopic (exact) mass is 333 g/mol. The van der Waals surface area contributed by atoms with E-state index in [1.54, 1.807) is 12.1 Å². The van der Waals surface area contributed by atoms with E-state index in [-0.39, 0.29) is 5.82 Å². The molecule has 3 rings (SSSR count). The minimum absolute atomic E-state index is 0.183. The topological polar surface area (TPSA) is 23.5 Å². The lowest BCUT2D eigenvalue weighted by Crippen LogP contribution is -2.36. The van der Waals surface area contributed by atoms with Crippen molar-refractivity contribution in [3.63, 3.8) is 0 Å². The summed E-state index contributed by atoms with van der Waals surface area (Å²) < 4.78 is 13.0. The van der Waals surface area contributed by atoms with Gasteiger partial charge in [-0.15, -0.1) is 0 Å². The number of aliphatic hydroxyl groups is 1. The lowest BCUT2D eigenvalue weighted by molar-refractivity contribution is 0.0972. The van der Waals surface area contributed by atoms with Gasteiger partial charge in [0.15, 0.2) is 0 Å². The van der Waals surface area contributed by atoms with Gasteiger partial charge < -0.3 is 10.0 Å². The second-order valence-electron chi connectivity index (χ2n) is 6.19. The molecule has 1 aliphatic rings. The molecule has 1 atom stereocenters. The molecule has 1 aliphatic heterocycles. The van der Waals surface area contributed by atoms with Crippen molar-refractivity contribution in [2.24, 2.45) is 0 Å². The Labute approximate surface area is 141 Å². The Kier molecular flexibility index (Phi) is 5.31. The largest absolute Gasteiger partial charge is 0.387 e. The van der Waals surface area contributed by atoms with E-state index in [0.717, 1.165) is 31.5 Å². The van der Waals surface area contributed by atoms with Crippen molar-refractivity contribution in [1.29, 1.82) is 0 Å². The van der Waals surface area contributed by atoms with Crippen LogP contribution in [0.15, 0.2) is 48.5 Å². The highest BCUT2D eigenvalue weighted by atomic mass is 35.5. The highest BCUT2D eigenvalue weighted by Crippen LogP contribution is 2.29. The Hall–Kier alpha value is -1.42. The van der Waals surface area contributed by atoms with Gasteiger partial charge in [-0.2, -0.15) is 0 Å². The first-order chi connectivity index (χ1) is 11.1. The van der Waals surface area contributed by atoms with Crippen LogP contribution in [0.1, 0.15) is 36.0 Å². The third kappa shape index (κ3) is 4.31. The standard InChI is InChI=1S/C19H21ClFNO/c20-17-5-1-16(2-6-17)19(23)13-22-11-9-15(10-12-22)14-3-7-18(21)8-4-14/h1-8,15,19,23H,9-13H2. The van der Waals surface area contributed by atoms with Crippen LogP contribution < -0.4 is 0 Å². The SMILES string of the molecule is OC(CN1CCC(c2ccc(F)cc2)CC1)c1ccc(Cl)cc1. The Morgan fingerprint density at radius 3 is 2.26 bits per heavy atom. The summed E-state index contributed by atoms with van der Waals surface area (Å²) in [5, 5.41) is 11.0. The number of β-amino-alcohol motifs (C(OH)–C–C–N with tert-alkyl or cyclic N) is 1. The zero-order valence-corrected chi connectivity index (χ0v) is 13.7. The molecule has 1 heterocycles. The van der Waals surface area contributed by atoms with Crippen molar-refractivity contribution in [1.82, 2.24) is 4.90 Å². The first-order valence-corrected chi connectivity index (χ1v) is 8.41. The van der Waals surface area contributed by atoms with Gasteiger partial charge in [0.05, 0.1) is 6.10 Å². The number of likely N-dealkylation sites (tertiary alicyclic amines) is 1. The fourth-order valence-corrected chi connectivity index (χ4v) is 3.34.